The lowest BCUT2D eigenvalue weighted by atomic mass is 9.87. The summed E-state index contributed by atoms with van der Waals surface area (Å²) < 4.78 is 0. The average Bonchev–Trinajstić information content (AvgIpc) is 2.33. The minimum atomic E-state index is -0.236. The molecule has 4 heteroatoms. The molecule has 2 rings (SSSR count). The van der Waals surface area contributed by atoms with Gasteiger partial charge in [-0.3, -0.25) is 9.69 Å². The van der Waals surface area contributed by atoms with E-state index >= 15 is 0 Å². The van der Waals surface area contributed by atoms with Gasteiger partial charge in [-0.05, 0) is 17.7 Å². The molecule has 3 nitrogen and oxygen atoms in total. The molecule has 0 aliphatic carbocycles. The van der Waals surface area contributed by atoms with Crippen molar-refractivity contribution < 1.29 is 9.90 Å². The molecular formula is C15H20ClNO2. The van der Waals surface area contributed by atoms with Crippen molar-refractivity contribution in [1.82, 2.24) is 4.90 Å². The Labute approximate surface area is 119 Å². The van der Waals surface area contributed by atoms with Crippen LogP contribution in [0.3, 0.4) is 0 Å². The smallest absolute Gasteiger partial charge is 0.144 e. The molecule has 1 atom stereocenters. The van der Waals surface area contributed by atoms with E-state index in [1.807, 2.05) is 38.1 Å². The summed E-state index contributed by atoms with van der Waals surface area (Å²) in [6.45, 7) is 5.85. The first-order valence-electron chi connectivity index (χ1n) is 6.67. The van der Waals surface area contributed by atoms with Crippen LogP contribution in [0.2, 0.25) is 5.02 Å². The Balaban J connectivity index is 2.13. The number of Topliss-reactive ketones (excluding diaryl/α,β-unsaturated/α-hetero) is 1. The second-order valence-electron chi connectivity index (χ2n) is 5.53. The Morgan fingerprint density at radius 3 is 2.42 bits per heavy atom. The molecule has 0 aromatic heterocycles. The zero-order chi connectivity index (χ0) is 14.0. The van der Waals surface area contributed by atoms with Gasteiger partial charge in [0.15, 0.2) is 0 Å². The van der Waals surface area contributed by atoms with Gasteiger partial charge in [0.25, 0.3) is 0 Å². The number of aliphatic hydroxyl groups excluding tert-OH is 1. The fraction of sp³-hybridized carbons (Fsp3) is 0.533. The van der Waals surface area contributed by atoms with E-state index in [1.165, 1.54) is 0 Å². The third-order valence-electron chi connectivity index (χ3n) is 3.56. The summed E-state index contributed by atoms with van der Waals surface area (Å²) in [5.41, 5.74) is 1.00. The summed E-state index contributed by atoms with van der Waals surface area (Å²) in [7, 11) is 0. The Bertz CT molecular complexity index is 438. The van der Waals surface area contributed by atoms with Gasteiger partial charge in [-0.15, -0.1) is 0 Å². The lowest BCUT2D eigenvalue weighted by Crippen LogP contribution is -2.52. The van der Waals surface area contributed by atoms with Crippen LogP contribution in [-0.2, 0) is 4.79 Å². The normalized spacial score (nSPS) is 18.4. The number of β-amino-alcohol motifs (C(OH)–C–C–N with tert-alkyl or cyclic N) is 1. The maximum absolute atomic E-state index is 12.4. The Hall–Kier alpha value is -0.900. The molecule has 0 unspecified atom stereocenters. The second-order valence-corrected chi connectivity index (χ2v) is 5.97. The quantitative estimate of drug-likeness (QED) is 0.900. The molecule has 1 heterocycles. The van der Waals surface area contributed by atoms with Gasteiger partial charge in [-0.25, -0.2) is 0 Å². The SMILES string of the molecule is CC(C)C(=O)[C@@H](CN1CC(O)C1)c1ccc(Cl)cc1. The maximum atomic E-state index is 12.4. The van der Waals surface area contributed by atoms with Crippen LogP contribution in [0.1, 0.15) is 25.3 Å². The van der Waals surface area contributed by atoms with Gasteiger partial charge in [0.2, 0.25) is 0 Å². The van der Waals surface area contributed by atoms with Crippen molar-refractivity contribution >= 4 is 17.4 Å². The molecule has 0 amide bonds. The van der Waals surface area contributed by atoms with Crippen molar-refractivity contribution in [2.24, 2.45) is 5.92 Å². The van der Waals surface area contributed by atoms with E-state index in [-0.39, 0.29) is 23.7 Å². The first-order valence-corrected chi connectivity index (χ1v) is 7.04. The van der Waals surface area contributed by atoms with Crippen LogP contribution in [0.25, 0.3) is 0 Å². The highest BCUT2D eigenvalue weighted by Crippen LogP contribution is 2.25. The molecule has 1 aliphatic heterocycles. The van der Waals surface area contributed by atoms with Crippen molar-refractivity contribution in [1.29, 1.82) is 0 Å². The number of likely N-dealkylation sites (tertiary alicyclic amines) is 1. The van der Waals surface area contributed by atoms with Crippen LogP contribution in [0.5, 0.6) is 0 Å². The fourth-order valence-electron chi connectivity index (χ4n) is 2.41. The van der Waals surface area contributed by atoms with Crippen LogP contribution >= 0.6 is 11.6 Å². The topological polar surface area (TPSA) is 40.5 Å². The molecule has 1 aromatic carbocycles. The summed E-state index contributed by atoms with van der Waals surface area (Å²) in [5, 5.41) is 10.0. The molecule has 104 valence electrons. The molecule has 1 aliphatic rings. The molecule has 0 bridgehead atoms. The van der Waals surface area contributed by atoms with Gasteiger partial charge in [0.05, 0.1) is 12.0 Å². The molecule has 0 spiro atoms. The Kier molecular flexibility index (Phi) is 4.61. The van der Waals surface area contributed by atoms with Gasteiger partial charge in [0.1, 0.15) is 5.78 Å². The third kappa shape index (κ3) is 3.56. The second kappa shape index (κ2) is 6.04. The van der Waals surface area contributed by atoms with Crippen molar-refractivity contribution in [2.45, 2.75) is 25.9 Å². The van der Waals surface area contributed by atoms with E-state index in [2.05, 4.69) is 4.90 Å². The highest BCUT2D eigenvalue weighted by molar-refractivity contribution is 6.30. The predicted octanol–water partition coefficient (Wildman–Crippen LogP) is 2.33. The number of ketones is 1. The van der Waals surface area contributed by atoms with Crippen molar-refractivity contribution in [3.05, 3.63) is 34.9 Å². The summed E-state index contributed by atoms with van der Waals surface area (Å²) in [6, 6.07) is 7.48. The number of carbonyl (C=O) groups excluding carboxylic acids is 1. The van der Waals surface area contributed by atoms with Crippen LogP contribution in [0, 0.1) is 5.92 Å². The zero-order valence-electron chi connectivity index (χ0n) is 11.3. The third-order valence-corrected chi connectivity index (χ3v) is 3.82. The molecule has 1 aromatic rings. The van der Waals surface area contributed by atoms with E-state index in [0.717, 1.165) is 5.56 Å². The fourth-order valence-corrected chi connectivity index (χ4v) is 2.53. The van der Waals surface area contributed by atoms with E-state index in [9.17, 15) is 9.90 Å². The van der Waals surface area contributed by atoms with Gasteiger partial charge >= 0.3 is 0 Å². The van der Waals surface area contributed by atoms with E-state index in [4.69, 9.17) is 11.6 Å². The van der Waals surface area contributed by atoms with Gasteiger partial charge in [-0.1, -0.05) is 37.6 Å². The van der Waals surface area contributed by atoms with Crippen LogP contribution < -0.4 is 0 Å². The van der Waals surface area contributed by atoms with Crippen LogP contribution in [-0.4, -0.2) is 41.5 Å². The number of hydrogen-bond acceptors (Lipinski definition) is 3. The molecule has 1 saturated heterocycles. The molecule has 19 heavy (non-hydrogen) atoms. The molecule has 0 radical (unpaired) electrons. The first kappa shape index (κ1) is 14.5. The summed E-state index contributed by atoms with van der Waals surface area (Å²) in [4.78, 5) is 14.5. The molecular weight excluding hydrogens is 262 g/mol. The lowest BCUT2D eigenvalue weighted by molar-refractivity contribution is -0.124. The molecule has 1 fully saturated rings. The summed E-state index contributed by atoms with van der Waals surface area (Å²) in [6.07, 6.45) is -0.236. The van der Waals surface area contributed by atoms with Crippen molar-refractivity contribution in [2.75, 3.05) is 19.6 Å². The van der Waals surface area contributed by atoms with Crippen molar-refractivity contribution in [3.63, 3.8) is 0 Å². The maximum Gasteiger partial charge on any atom is 0.144 e. The summed E-state index contributed by atoms with van der Waals surface area (Å²) >= 11 is 5.89. The van der Waals surface area contributed by atoms with E-state index < -0.39 is 0 Å². The van der Waals surface area contributed by atoms with E-state index in [1.54, 1.807) is 0 Å². The van der Waals surface area contributed by atoms with E-state index in [0.29, 0.717) is 24.7 Å². The van der Waals surface area contributed by atoms with Gasteiger partial charge in [0, 0.05) is 30.6 Å². The molecule has 1 N–H and O–H groups in total. The number of rotatable bonds is 5. The van der Waals surface area contributed by atoms with Crippen molar-refractivity contribution in [3.8, 4) is 0 Å². The largest absolute Gasteiger partial charge is 0.390 e. The molecule has 0 saturated carbocycles. The van der Waals surface area contributed by atoms with Gasteiger partial charge in [-0.2, -0.15) is 0 Å². The zero-order valence-corrected chi connectivity index (χ0v) is 12.1. The Morgan fingerprint density at radius 1 is 1.37 bits per heavy atom. The Morgan fingerprint density at radius 2 is 1.95 bits per heavy atom. The minimum Gasteiger partial charge on any atom is -0.390 e. The minimum absolute atomic E-state index is 0.00637. The number of hydrogen-bond donors (Lipinski definition) is 1. The number of aliphatic hydroxyl groups is 1. The standard InChI is InChI=1S/C15H20ClNO2/c1-10(2)15(19)14(9-17-7-13(18)8-17)11-3-5-12(16)6-4-11/h3-6,10,13-14,18H,7-9H2,1-2H3/t14-/m0/s1. The first-order chi connectivity index (χ1) is 8.97. The highest BCUT2D eigenvalue weighted by Gasteiger charge is 2.31. The number of benzene rings is 1. The monoisotopic (exact) mass is 281 g/mol. The summed E-state index contributed by atoms with van der Waals surface area (Å²) in [5.74, 6) is 0.111. The van der Waals surface area contributed by atoms with Crippen LogP contribution in [0.15, 0.2) is 24.3 Å². The number of carbonyl (C=O) groups is 1. The number of halogens is 1. The van der Waals surface area contributed by atoms with Crippen LogP contribution in [0.4, 0.5) is 0 Å². The number of nitrogens with zero attached hydrogens (tertiary/aromatic N) is 1. The average molecular weight is 282 g/mol. The lowest BCUT2D eigenvalue weighted by Gasteiger charge is -2.38. The highest BCUT2D eigenvalue weighted by atomic mass is 35.5. The van der Waals surface area contributed by atoms with Gasteiger partial charge < -0.3 is 5.11 Å². The predicted molar refractivity (Wildman–Crippen MR) is 76.5 cm³/mol.